The summed E-state index contributed by atoms with van der Waals surface area (Å²) in [6.45, 7) is 0. The van der Waals surface area contributed by atoms with Crippen molar-refractivity contribution in [2.45, 2.75) is 15.2 Å². The van der Waals surface area contributed by atoms with Crippen molar-refractivity contribution in [1.82, 2.24) is 4.57 Å². The number of hydrogen-bond donors (Lipinski definition) is 0. The summed E-state index contributed by atoms with van der Waals surface area (Å²) in [5.41, 5.74) is 9.46. The lowest BCUT2D eigenvalue weighted by Crippen LogP contribution is -2.39. The molecule has 0 radical (unpaired) electrons. The van der Waals surface area contributed by atoms with Gasteiger partial charge < -0.3 is 9.30 Å². The molecule has 11 rings (SSSR count). The summed E-state index contributed by atoms with van der Waals surface area (Å²) in [6, 6.07) is 63.5. The predicted molar refractivity (Wildman–Crippen MR) is 215 cm³/mol. The molecular weight excluding hydrogens is 683 g/mol. The van der Waals surface area contributed by atoms with E-state index in [2.05, 4.69) is 114 Å². The van der Waals surface area contributed by atoms with Crippen LogP contribution in [0.25, 0.3) is 49.7 Å². The molecule has 0 saturated heterocycles. The first-order valence-electron chi connectivity index (χ1n) is 18.1. The van der Waals surface area contributed by atoms with Crippen molar-refractivity contribution in [3.8, 4) is 39.4 Å². The van der Waals surface area contributed by atoms with Crippen molar-refractivity contribution in [1.29, 1.82) is 0 Å². The number of nitrogens with zero attached hydrogens (tertiary/aromatic N) is 1. The Balaban J connectivity index is 1.29. The van der Waals surface area contributed by atoms with Crippen LogP contribution in [0.3, 0.4) is 0 Å². The third-order valence-corrected chi connectivity index (χ3v) is 13.1. The molecule has 256 valence electrons. The molecule has 0 unspecified atom stereocenters. The van der Waals surface area contributed by atoms with Gasteiger partial charge in [-0.25, -0.2) is 8.42 Å². The number of rotatable bonds is 3. The third-order valence-electron chi connectivity index (χ3n) is 11.2. The number of fused-ring (bicyclic) bond motifs is 11. The number of ether oxygens (including phenoxy) is 1. The minimum absolute atomic E-state index is 0.298. The molecule has 1 aromatic heterocycles. The first kappa shape index (κ1) is 30.9. The molecule has 0 aliphatic carbocycles. The molecule has 0 fully saturated rings. The van der Waals surface area contributed by atoms with E-state index < -0.39 is 15.3 Å². The van der Waals surface area contributed by atoms with E-state index >= 15 is 8.42 Å². The van der Waals surface area contributed by atoms with E-state index in [0.717, 1.165) is 72.0 Å². The first-order valence-corrected chi connectivity index (χ1v) is 19.6. The molecule has 1 spiro atoms. The van der Waals surface area contributed by atoms with Gasteiger partial charge in [-0.3, -0.25) is 0 Å². The molecule has 3 heterocycles. The van der Waals surface area contributed by atoms with Gasteiger partial charge in [0.05, 0.1) is 26.2 Å². The zero-order chi connectivity index (χ0) is 36.0. The summed E-state index contributed by atoms with van der Waals surface area (Å²) in [6.07, 6.45) is 0. The minimum atomic E-state index is -3.97. The fourth-order valence-corrected chi connectivity index (χ4v) is 10.7. The molecular formula is C49H31NO3S. The van der Waals surface area contributed by atoms with Crippen molar-refractivity contribution >= 4 is 31.6 Å². The molecule has 5 heteroatoms. The Morgan fingerprint density at radius 3 is 1.59 bits per heavy atom. The molecule has 9 aromatic rings. The van der Waals surface area contributed by atoms with E-state index in [9.17, 15) is 0 Å². The molecule has 0 saturated carbocycles. The molecule has 0 N–H and O–H groups in total. The Morgan fingerprint density at radius 2 is 0.944 bits per heavy atom. The van der Waals surface area contributed by atoms with Gasteiger partial charge >= 0.3 is 0 Å². The van der Waals surface area contributed by atoms with E-state index in [1.807, 2.05) is 72.8 Å². The fraction of sp³-hybridized carbons (Fsp3) is 0.0204. The Hall–Kier alpha value is -6.69. The Kier molecular flexibility index (Phi) is 6.52. The van der Waals surface area contributed by atoms with E-state index in [1.165, 1.54) is 0 Å². The van der Waals surface area contributed by atoms with Crippen molar-refractivity contribution in [2.75, 3.05) is 0 Å². The maximum absolute atomic E-state index is 15.1. The van der Waals surface area contributed by atoms with Crippen LogP contribution in [0.1, 0.15) is 22.3 Å². The van der Waals surface area contributed by atoms with Crippen LogP contribution in [0.15, 0.2) is 198 Å². The highest BCUT2D eigenvalue weighted by molar-refractivity contribution is 7.91. The molecule has 8 aromatic carbocycles. The quantitative estimate of drug-likeness (QED) is 0.183. The van der Waals surface area contributed by atoms with Crippen LogP contribution in [0.5, 0.6) is 11.5 Å². The van der Waals surface area contributed by atoms with Crippen LogP contribution in [-0.2, 0) is 15.3 Å². The number of sulfone groups is 1. The smallest absolute Gasteiger partial charge is 0.207 e. The number of para-hydroxylation sites is 3. The topological polar surface area (TPSA) is 48.3 Å². The van der Waals surface area contributed by atoms with E-state index in [-0.39, 0.29) is 0 Å². The lowest BCUT2D eigenvalue weighted by molar-refractivity contribution is 0.429. The van der Waals surface area contributed by atoms with E-state index in [4.69, 9.17) is 4.74 Å². The highest BCUT2D eigenvalue weighted by Crippen LogP contribution is 2.60. The summed E-state index contributed by atoms with van der Waals surface area (Å²) in [7, 11) is -3.97. The maximum atomic E-state index is 15.1. The lowest BCUT2D eigenvalue weighted by Gasteiger charge is -2.45. The minimum Gasteiger partial charge on any atom is -0.457 e. The second-order valence-electron chi connectivity index (χ2n) is 14.1. The largest absolute Gasteiger partial charge is 0.457 e. The van der Waals surface area contributed by atoms with Crippen LogP contribution in [0.2, 0.25) is 0 Å². The zero-order valence-electron chi connectivity index (χ0n) is 29.0. The van der Waals surface area contributed by atoms with Gasteiger partial charge in [-0.1, -0.05) is 133 Å². The predicted octanol–water partition coefficient (Wildman–Crippen LogP) is 11.8. The highest BCUT2D eigenvalue weighted by Gasteiger charge is 2.53. The van der Waals surface area contributed by atoms with Crippen molar-refractivity contribution in [2.24, 2.45) is 0 Å². The van der Waals surface area contributed by atoms with Gasteiger partial charge in [-0.2, -0.15) is 0 Å². The Labute approximate surface area is 313 Å². The lowest BCUT2D eigenvalue weighted by atomic mass is 9.63. The van der Waals surface area contributed by atoms with Crippen molar-refractivity contribution < 1.29 is 13.2 Å². The van der Waals surface area contributed by atoms with Crippen LogP contribution >= 0.6 is 0 Å². The number of benzene rings is 8. The highest BCUT2D eigenvalue weighted by atomic mass is 32.2. The molecule has 2 aliphatic rings. The maximum Gasteiger partial charge on any atom is 0.207 e. The van der Waals surface area contributed by atoms with E-state index in [1.54, 1.807) is 6.07 Å². The summed E-state index contributed by atoms with van der Waals surface area (Å²) in [5.74, 6) is 1.43. The normalized spacial score (nSPS) is 14.5. The summed E-state index contributed by atoms with van der Waals surface area (Å²) >= 11 is 0. The van der Waals surface area contributed by atoms with Crippen molar-refractivity contribution in [3.05, 3.63) is 210 Å². The van der Waals surface area contributed by atoms with Crippen molar-refractivity contribution in [3.63, 3.8) is 0 Å². The Bertz CT molecular complexity index is 2990. The van der Waals surface area contributed by atoms with Gasteiger partial charge in [0.2, 0.25) is 9.84 Å². The van der Waals surface area contributed by atoms with Gasteiger partial charge in [0.15, 0.2) is 0 Å². The zero-order valence-corrected chi connectivity index (χ0v) is 29.8. The summed E-state index contributed by atoms with van der Waals surface area (Å²) in [5, 5.41) is 2.02. The van der Waals surface area contributed by atoms with Crippen LogP contribution in [-0.4, -0.2) is 13.0 Å². The second-order valence-corrected chi connectivity index (χ2v) is 15.9. The Morgan fingerprint density at radius 1 is 0.407 bits per heavy atom. The number of hydrogen-bond acceptors (Lipinski definition) is 3. The molecule has 0 bridgehead atoms. The molecule has 4 nitrogen and oxygen atoms in total. The standard InChI is InChI=1S/C49H31NO3S/c51-54(52)47-26-14-10-22-41(47)49(39-20-8-12-24-45(39)53-46-25-13-9-21-40(46)49)42-30-38-37-19-7-11-23-43(37)50(44(38)31-48(42)54)36-28-34(32-15-3-1-4-16-32)27-35(29-36)33-17-5-2-6-18-33/h1-31H. The van der Waals surface area contributed by atoms with Gasteiger partial charge in [0.25, 0.3) is 0 Å². The molecule has 0 amide bonds. The second kappa shape index (κ2) is 11.4. The summed E-state index contributed by atoms with van der Waals surface area (Å²) in [4.78, 5) is 0.607. The SMILES string of the molecule is O=S1(=O)c2ccccc2C2(c3ccccc3Oc3ccccc32)c2cc3c4ccccc4n(-c4cc(-c5ccccc5)cc(-c5ccccc5)c4)c3cc21. The van der Waals surface area contributed by atoms with Crippen LogP contribution in [0.4, 0.5) is 0 Å². The first-order chi connectivity index (χ1) is 26.5. The number of aromatic nitrogens is 1. The van der Waals surface area contributed by atoms with Crippen LogP contribution in [0, 0.1) is 0 Å². The summed E-state index contributed by atoms with van der Waals surface area (Å²) < 4.78 is 39.0. The monoisotopic (exact) mass is 713 g/mol. The van der Waals surface area contributed by atoms with Gasteiger partial charge in [0.1, 0.15) is 11.5 Å². The average Bonchev–Trinajstić information content (AvgIpc) is 3.56. The average molecular weight is 714 g/mol. The van der Waals surface area contributed by atoms with Gasteiger partial charge in [-0.05, 0) is 88.0 Å². The molecule has 0 atom stereocenters. The molecule has 54 heavy (non-hydrogen) atoms. The van der Waals surface area contributed by atoms with Crippen LogP contribution < -0.4 is 4.74 Å². The van der Waals surface area contributed by atoms with E-state index in [0.29, 0.717) is 21.3 Å². The fourth-order valence-electron chi connectivity index (χ4n) is 8.97. The van der Waals surface area contributed by atoms with Gasteiger partial charge in [-0.15, -0.1) is 0 Å². The van der Waals surface area contributed by atoms with Gasteiger partial charge in [0, 0.05) is 27.6 Å². The third kappa shape index (κ3) is 4.21. The molecule has 2 aliphatic heterocycles.